The molecule has 26 heavy (non-hydrogen) atoms. The Labute approximate surface area is 152 Å². The summed E-state index contributed by atoms with van der Waals surface area (Å²) in [5.41, 5.74) is 1.48. The number of carbonyl (C=O) groups is 1. The normalized spacial score (nSPS) is 14.8. The van der Waals surface area contributed by atoms with Gasteiger partial charge in [-0.2, -0.15) is 0 Å². The van der Waals surface area contributed by atoms with Crippen molar-refractivity contribution in [3.05, 3.63) is 70.3 Å². The first kappa shape index (κ1) is 17.9. The lowest BCUT2D eigenvalue weighted by Crippen LogP contribution is -2.48. The van der Waals surface area contributed by atoms with Crippen molar-refractivity contribution in [3.8, 4) is 0 Å². The summed E-state index contributed by atoms with van der Waals surface area (Å²) in [5, 5.41) is 13.6. The third-order valence-corrected chi connectivity index (χ3v) is 4.53. The first-order valence-electron chi connectivity index (χ1n) is 8.68. The first-order chi connectivity index (χ1) is 12.6. The molecule has 0 unspecified atom stereocenters. The van der Waals surface area contributed by atoms with Crippen molar-refractivity contribution in [2.45, 2.75) is 0 Å². The van der Waals surface area contributed by atoms with Crippen LogP contribution >= 0.6 is 0 Å². The highest BCUT2D eigenvalue weighted by Crippen LogP contribution is 2.15. The Balaban J connectivity index is 1.42. The summed E-state index contributed by atoms with van der Waals surface area (Å²) >= 11 is 0. The average Bonchev–Trinajstić information content (AvgIpc) is 2.69. The fraction of sp³-hybridized carbons (Fsp3) is 0.316. The number of amides is 1. The quantitative estimate of drug-likeness (QED) is 0.635. The Bertz CT molecular complexity index is 758. The van der Waals surface area contributed by atoms with Gasteiger partial charge in [-0.3, -0.25) is 19.8 Å². The van der Waals surface area contributed by atoms with E-state index in [1.165, 1.54) is 23.9 Å². The number of benzene rings is 2. The number of nitro benzene ring substituents is 1. The topological polar surface area (TPSA) is 78.7 Å². The molecule has 0 aliphatic carbocycles. The van der Waals surface area contributed by atoms with Crippen LogP contribution in [0, 0.1) is 10.1 Å². The standard InChI is InChI=1S/C19H22N4O3/c24-19(16-5-4-8-18(15-16)23(25)26)20-9-10-21-11-13-22(14-12-21)17-6-2-1-3-7-17/h1-8,15H,9-14H2,(H,20,24). The summed E-state index contributed by atoms with van der Waals surface area (Å²) in [4.78, 5) is 27.1. The fourth-order valence-electron chi connectivity index (χ4n) is 3.06. The molecule has 1 saturated heterocycles. The van der Waals surface area contributed by atoms with Gasteiger partial charge in [-0.25, -0.2) is 0 Å². The van der Waals surface area contributed by atoms with Crippen LogP contribution in [-0.2, 0) is 0 Å². The predicted octanol–water partition coefficient (Wildman–Crippen LogP) is 2.15. The second-order valence-corrected chi connectivity index (χ2v) is 6.23. The molecule has 0 aromatic heterocycles. The number of non-ortho nitro benzene ring substituents is 1. The number of rotatable bonds is 6. The number of piperazine rings is 1. The highest BCUT2D eigenvalue weighted by atomic mass is 16.6. The summed E-state index contributed by atoms with van der Waals surface area (Å²) in [6.45, 7) is 5.10. The van der Waals surface area contributed by atoms with Gasteiger partial charge in [0.1, 0.15) is 0 Å². The van der Waals surface area contributed by atoms with Crippen LogP contribution in [0.2, 0.25) is 0 Å². The number of hydrogen-bond donors (Lipinski definition) is 1. The average molecular weight is 354 g/mol. The molecule has 0 radical (unpaired) electrons. The third-order valence-electron chi connectivity index (χ3n) is 4.53. The molecule has 1 heterocycles. The second-order valence-electron chi connectivity index (χ2n) is 6.23. The molecular weight excluding hydrogens is 332 g/mol. The molecule has 1 amide bonds. The monoisotopic (exact) mass is 354 g/mol. The number of para-hydroxylation sites is 1. The van der Waals surface area contributed by atoms with E-state index in [2.05, 4.69) is 27.2 Å². The van der Waals surface area contributed by atoms with Crippen LogP contribution in [0.5, 0.6) is 0 Å². The van der Waals surface area contributed by atoms with E-state index in [9.17, 15) is 14.9 Å². The van der Waals surface area contributed by atoms with E-state index in [4.69, 9.17) is 0 Å². The first-order valence-corrected chi connectivity index (χ1v) is 8.68. The molecular formula is C19H22N4O3. The van der Waals surface area contributed by atoms with E-state index >= 15 is 0 Å². The van der Waals surface area contributed by atoms with E-state index in [0.29, 0.717) is 12.1 Å². The summed E-state index contributed by atoms with van der Waals surface area (Å²) < 4.78 is 0. The van der Waals surface area contributed by atoms with E-state index in [1.54, 1.807) is 6.07 Å². The van der Waals surface area contributed by atoms with Crippen LogP contribution in [0.15, 0.2) is 54.6 Å². The van der Waals surface area contributed by atoms with Gasteiger partial charge >= 0.3 is 0 Å². The highest BCUT2D eigenvalue weighted by molar-refractivity contribution is 5.94. The maximum Gasteiger partial charge on any atom is 0.270 e. The molecule has 0 saturated carbocycles. The molecule has 1 fully saturated rings. The molecule has 7 nitrogen and oxygen atoms in total. The zero-order chi connectivity index (χ0) is 18.4. The molecule has 1 aliphatic rings. The summed E-state index contributed by atoms with van der Waals surface area (Å²) in [6.07, 6.45) is 0. The van der Waals surface area contributed by atoms with Crippen molar-refractivity contribution in [3.63, 3.8) is 0 Å². The van der Waals surface area contributed by atoms with Crippen LogP contribution in [0.3, 0.4) is 0 Å². The molecule has 0 bridgehead atoms. The molecule has 1 aliphatic heterocycles. The summed E-state index contributed by atoms with van der Waals surface area (Å²) in [6, 6.07) is 16.1. The van der Waals surface area contributed by atoms with Crippen LogP contribution in [-0.4, -0.2) is 55.0 Å². The summed E-state index contributed by atoms with van der Waals surface area (Å²) in [5.74, 6) is -0.281. The lowest BCUT2D eigenvalue weighted by Gasteiger charge is -2.36. The maximum atomic E-state index is 12.1. The molecule has 1 N–H and O–H groups in total. The lowest BCUT2D eigenvalue weighted by molar-refractivity contribution is -0.384. The number of nitrogens with one attached hydrogen (secondary N) is 1. The Morgan fingerprint density at radius 2 is 1.77 bits per heavy atom. The van der Waals surface area contributed by atoms with Crippen molar-refractivity contribution >= 4 is 17.3 Å². The zero-order valence-electron chi connectivity index (χ0n) is 14.5. The second kappa shape index (κ2) is 8.44. The van der Waals surface area contributed by atoms with E-state index in [0.717, 1.165) is 32.7 Å². The minimum Gasteiger partial charge on any atom is -0.369 e. The Hall–Kier alpha value is -2.93. The summed E-state index contributed by atoms with van der Waals surface area (Å²) in [7, 11) is 0. The van der Waals surface area contributed by atoms with E-state index in [1.807, 2.05) is 18.2 Å². The predicted molar refractivity (Wildman–Crippen MR) is 101 cm³/mol. The number of nitro groups is 1. The van der Waals surface area contributed by atoms with E-state index < -0.39 is 4.92 Å². The van der Waals surface area contributed by atoms with Gasteiger partial charge in [0.2, 0.25) is 0 Å². The number of anilines is 1. The van der Waals surface area contributed by atoms with Crippen molar-refractivity contribution in [2.24, 2.45) is 0 Å². The molecule has 7 heteroatoms. The minimum atomic E-state index is -0.497. The fourth-order valence-corrected chi connectivity index (χ4v) is 3.06. The van der Waals surface area contributed by atoms with Gasteiger partial charge in [0.15, 0.2) is 0 Å². The van der Waals surface area contributed by atoms with Gasteiger partial charge in [0.05, 0.1) is 4.92 Å². The highest BCUT2D eigenvalue weighted by Gasteiger charge is 2.17. The SMILES string of the molecule is O=C(NCCN1CCN(c2ccccc2)CC1)c1cccc([N+](=O)[O-])c1. The van der Waals surface area contributed by atoms with Crippen LogP contribution < -0.4 is 10.2 Å². The van der Waals surface area contributed by atoms with Gasteiger partial charge in [-0.05, 0) is 18.2 Å². The van der Waals surface area contributed by atoms with Gasteiger partial charge in [-0.1, -0.05) is 24.3 Å². The molecule has 2 aromatic rings. The Morgan fingerprint density at radius 1 is 1.04 bits per heavy atom. The van der Waals surface area contributed by atoms with Crippen molar-refractivity contribution in [2.75, 3.05) is 44.2 Å². The van der Waals surface area contributed by atoms with Crippen LogP contribution in [0.4, 0.5) is 11.4 Å². The van der Waals surface area contributed by atoms with Gasteiger partial charge < -0.3 is 10.2 Å². The largest absolute Gasteiger partial charge is 0.369 e. The number of nitrogens with zero attached hydrogens (tertiary/aromatic N) is 3. The maximum absolute atomic E-state index is 12.1. The van der Waals surface area contributed by atoms with Gasteiger partial charge in [0.25, 0.3) is 11.6 Å². The molecule has 2 aromatic carbocycles. The molecule has 136 valence electrons. The molecule has 0 atom stereocenters. The van der Waals surface area contributed by atoms with Crippen molar-refractivity contribution in [1.82, 2.24) is 10.2 Å². The van der Waals surface area contributed by atoms with Crippen molar-refractivity contribution < 1.29 is 9.72 Å². The third kappa shape index (κ3) is 4.58. The van der Waals surface area contributed by atoms with Gasteiger partial charge in [0, 0.05) is 62.7 Å². The smallest absolute Gasteiger partial charge is 0.270 e. The van der Waals surface area contributed by atoms with Crippen molar-refractivity contribution in [1.29, 1.82) is 0 Å². The van der Waals surface area contributed by atoms with Crippen LogP contribution in [0.1, 0.15) is 10.4 Å². The Morgan fingerprint density at radius 3 is 2.46 bits per heavy atom. The lowest BCUT2D eigenvalue weighted by atomic mass is 10.2. The zero-order valence-corrected chi connectivity index (χ0v) is 14.5. The van der Waals surface area contributed by atoms with E-state index in [-0.39, 0.29) is 11.6 Å². The van der Waals surface area contributed by atoms with Crippen LogP contribution in [0.25, 0.3) is 0 Å². The Kier molecular flexibility index (Phi) is 5.80. The molecule has 3 rings (SSSR count). The number of hydrogen-bond acceptors (Lipinski definition) is 5. The van der Waals surface area contributed by atoms with Gasteiger partial charge in [-0.15, -0.1) is 0 Å². The number of carbonyl (C=O) groups excluding carboxylic acids is 1. The minimum absolute atomic E-state index is 0.0744. The molecule has 0 spiro atoms.